The molecule has 148 valence electrons. The zero-order valence-corrected chi connectivity index (χ0v) is 16.1. The Morgan fingerprint density at radius 3 is 2.55 bits per heavy atom. The van der Waals surface area contributed by atoms with Gasteiger partial charge in [0.25, 0.3) is 5.91 Å². The number of hydrogen-bond acceptors (Lipinski definition) is 6. The molecule has 0 fully saturated rings. The Labute approximate surface area is 168 Å². The largest absolute Gasteiger partial charge is 0.496 e. The van der Waals surface area contributed by atoms with Crippen molar-refractivity contribution in [1.82, 2.24) is 4.98 Å². The topological polar surface area (TPSA) is 89.5 Å². The highest BCUT2D eigenvalue weighted by atomic mass is 16.5. The Bertz CT molecular complexity index is 1020. The number of carbonyl (C=O) groups is 2. The predicted octanol–water partition coefficient (Wildman–Crippen LogP) is 3.74. The molecule has 0 saturated carbocycles. The first-order valence-electron chi connectivity index (χ1n) is 8.92. The van der Waals surface area contributed by atoms with Crippen molar-refractivity contribution in [3.05, 3.63) is 83.7 Å². The number of para-hydroxylation sites is 2. The third-order valence-electron chi connectivity index (χ3n) is 4.26. The lowest BCUT2D eigenvalue weighted by molar-refractivity contribution is 0.0602. The van der Waals surface area contributed by atoms with E-state index in [0.717, 1.165) is 11.3 Å². The number of nitrogens with zero attached hydrogens (tertiary/aromatic N) is 1. The van der Waals surface area contributed by atoms with Crippen molar-refractivity contribution in [3.8, 4) is 5.75 Å². The molecule has 29 heavy (non-hydrogen) atoms. The van der Waals surface area contributed by atoms with Crippen LogP contribution in [0.2, 0.25) is 0 Å². The first kappa shape index (κ1) is 19.9. The summed E-state index contributed by atoms with van der Waals surface area (Å²) in [6, 6.07) is 16.0. The smallest absolute Gasteiger partial charge is 0.339 e. The minimum Gasteiger partial charge on any atom is -0.496 e. The summed E-state index contributed by atoms with van der Waals surface area (Å²) in [6.07, 6.45) is 3.10. The molecule has 2 N–H and O–H groups in total. The molecule has 0 saturated heterocycles. The van der Waals surface area contributed by atoms with Gasteiger partial charge in [0, 0.05) is 24.5 Å². The number of carbonyl (C=O) groups excluding carboxylic acids is 2. The van der Waals surface area contributed by atoms with E-state index in [0.29, 0.717) is 23.5 Å². The lowest BCUT2D eigenvalue weighted by atomic mass is 10.1. The second-order valence-corrected chi connectivity index (χ2v) is 6.12. The first-order chi connectivity index (χ1) is 14.1. The lowest BCUT2D eigenvalue weighted by Gasteiger charge is -2.12. The fourth-order valence-electron chi connectivity index (χ4n) is 2.78. The molecule has 0 bridgehead atoms. The van der Waals surface area contributed by atoms with E-state index in [-0.39, 0.29) is 11.5 Å². The lowest BCUT2D eigenvalue weighted by Crippen LogP contribution is -2.16. The molecule has 3 rings (SSSR count). The maximum Gasteiger partial charge on any atom is 0.339 e. The van der Waals surface area contributed by atoms with E-state index in [1.54, 1.807) is 43.6 Å². The number of hydrogen-bond donors (Lipinski definition) is 2. The standard InChI is InChI=1S/C22H21N3O4/c1-28-20-10-6-3-7-15(20)13-24-17-11-16(12-23-14-17)21(26)25-19-9-5-4-8-18(19)22(27)29-2/h3-12,14,24H,13H2,1-2H3,(H,25,26). The Balaban J connectivity index is 1.73. The number of esters is 1. The molecule has 2 aromatic carbocycles. The van der Waals surface area contributed by atoms with Crippen LogP contribution in [0.15, 0.2) is 67.0 Å². The molecule has 0 radical (unpaired) electrons. The predicted molar refractivity (Wildman–Crippen MR) is 110 cm³/mol. The normalized spacial score (nSPS) is 10.1. The van der Waals surface area contributed by atoms with Gasteiger partial charge in [0.15, 0.2) is 0 Å². The number of ether oxygens (including phenoxy) is 2. The summed E-state index contributed by atoms with van der Waals surface area (Å²) in [6.45, 7) is 0.516. The summed E-state index contributed by atoms with van der Waals surface area (Å²) < 4.78 is 10.1. The quantitative estimate of drug-likeness (QED) is 0.597. The van der Waals surface area contributed by atoms with Gasteiger partial charge in [-0.3, -0.25) is 9.78 Å². The molecule has 0 unspecified atom stereocenters. The van der Waals surface area contributed by atoms with Crippen molar-refractivity contribution in [2.45, 2.75) is 6.54 Å². The molecule has 0 spiro atoms. The summed E-state index contributed by atoms with van der Waals surface area (Å²) in [5, 5.41) is 5.97. The Kier molecular flexibility index (Phi) is 6.42. The molecule has 1 heterocycles. The van der Waals surface area contributed by atoms with Gasteiger partial charge in [0.05, 0.1) is 36.7 Å². The zero-order chi connectivity index (χ0) is 20.6. The van der Waals surface area contributed by atoms with Crippen LogP contribution in [0.25, 0.3) is 0 Å². The maximum atomic E-state index is 12.7. The van der Waals surface area contributed by atoms with Gasteiger partial charge in [-0.2, -0.15) is 0 Å². The molecular formula is C22H21N3O4. The summed E-state index contributed by atoms with van der Waals surface area (Å²) in [4.78, 5) is 28.7. The van der Waals surface area contributed by atoms with Gasteiger partial charge in [-0.05, 0) is 24.3 Å². The van der Waals surface area contributed by atoms with E-state index < -0.39 is 5.97 Å². The molecule has 7 nitrogen and oxygen atoms in total. The van der Waals surface area contributed by atoms with Gasteiger partial charge in [-0.15, -0.1) is 0 Å². The van der Waals surface area contributed by atoms with Crippen LogP contribution in [0.3, 0.4) is 0 Å². The van der Waals surface area contributed by atoms with Crippen molar-refractivity contribution < 1.29 is 19.1 Å². The van der Waals surface area contributed by atoms with Crippen LogP contribution < -0.4 is 15.4 Å². The monoisotopic (exact) mass is 391 g/mol. The molecule has 1 amide bonds. The van der Waals surface area contributed by atoms with Gasteiger partial charge < -0.3 is 20.1 Å². The van der Waals surface area contributed by atoms with Crippen LogP contribution in [0, 0.1) is 0 Å². The highest BCUT2D eigenvalue weighted by Gasteiger charge is 2.15. The highest BCUT2D eigenvalue weighted by molar-refractivity contribution is 6.08. The van der Waals surface area contributed by atoms with E-state index in [4.69, 9.17) is 9.47 Å². The van der Waals surface area contributed by atoms with Crippen molar-refractivity contribution in [2.24, 2.45) is 0 Å². The minimum atomic E-state index is -0.522. The number of pyridine rings is 1. The second-order valence-electron chi connectivity index (χ2n) is 6.12. The molecule has 7 heteroatoms. The molecule has 3 aromatic rings. The van der Waals surface area contributed by atoms with Gasteiger partial charge in [-0.1, -0.05) is 30.3 Å². The van der Waals surface area contributed by atoms with E-state index in [2.05, 4.69) is 15.6 Å². The van der Waals surface area contributed by atoms with E-state index >= 15 is 0 Å². The molecule has 0 aliphatic heterocycles. The molecule has 0 aliphatic rings. The third kappa shape index (κ3) is 4.90. The zero-order valence-electron chi connectivity index (χ0n) is 16.1. The Morgan fingerprint density at radius 1 is 1.00 bits per heavy atom. The van der Waals surface area contributed by atoms with Gasteiger partial charge in [-0.25, -0.2) is 4.79 Å². The van der Waals surface area contributed by atoms with Crippen LogP contribution in [0.1, 0.15) is 26.3 Å². The summed E-state index contributed by atoms with van der Waals surface area (Å²) in [5.74, 6) is -0.123. The van der Waals surface area contributed by atoms with E-state index in [9.17, 15) is 9.59 Å². The molecule has 1 aromatic heterocycles. The second kappa shape index (κ2) is 9.36. The number of anilines is 2. The van der Waals surface area contributed by atoms with Crippen LogP contribution in [0.4, 0.5) is 11.4 Å². The average Bonchev–Trinajstić information content (AvgIpc) is 2.77. The average molecular weight is 391 g/mol. The number of amides is 1. The minimum absolute atomic E-state index is 0.279. The summed E-state index contributed by atoms with van der Waals surface area (Å²) >= 11 is 0. The van der Waals surface area contributed by atoms with E-state index in [1.807, 2.05) is 24.3 Å². The van der Waals surface area contributed by atoms with Gasteiger partial charge in [0.2, 0.25) is 0 Å². The van der Waals surface area contributed by atoms with Crippen LogP contribution in [-0.4, -0.2) is 31.1 Å². The van der Waals surface area contributed by atoms with Crippen LogP contribution in [-0.2, 0) is 11.3 Å². The SMILES string of the molecule is COC(=O)c1ccccc1NC(=O)c1cncc(NCc2ccccc2OC)c1. The van der Waals surface area contributed by atoms with Crippen LogP contribution >= 0.6 is 0 Å². The summed E-state index contributed by atoms with van der Waals surface area (Å²) in [5.41, 5.74) is 2.68. The third-order valence-corrected chi connectivity index (χ3v) is 4.26. The number of aromatic nitrogens is 1. The Morgan fingerprint density at radius 2 is 1.76 bits per heavy atom. The number of rotatable bonds is 7. The fraction of sp³-hybridized carbons (Fsp3) is 0.136. The maximum absolute atomic E-state index is 12.7. The van der Waals surface area contributed by atoms with Crippen molar-refractivity contribution in [3.63, 3.8) is 0 Å². The highest BCUT2D eigenvalue weighted by Crippen LogP contribution is 2.20. The molecule has 0 aliphatic carbocycles. The van der Waals surface area contributed by atoms with Gasteiger partial charge in [0.1, 0.15) is 5.75 Å². The van der Waals surface area contributed by atoms with Crippen LogP contribution in [0.5, 0.6) is 5.75 Å². The van der Waals surface area contributed by atoms with Crippen molar-refractivity contribution in [2.75, 3.05) is 24.9 Å². The van der Waals surface area contributed by atoms with E-state index in [1.165, 1.54) is 13.3 Å². The Hall–Kier alpha value is -3.87. The molecular weight excluding hydrogens is 370 g/mol. The number of nitrogens with one attached hydrogen (secondary N) is 2. The fourth-order valence-corrected chi connectivity index (χ4v) is 2.78. The number of benzene rings is 2. The first-order valence-corrected chi connectivity index (χ1v) is 8.92. The number of methoxy groups -OCH3 is 2. The summed E-state index contributed by atoms with van der Waals surface area (Å²) in [7, 11) is 2.92. The van der Waals surface area contributed by atoms with Crippen molar-refractivity contribution in [1.29, 1.82) is 0 Å². The van der Waals surface area contributed by atoms with Crippen molar-refractivity contribution >= 4 is 23.3 Å². The molecule has 0 atom stereocenters. The van der Waals surface area contributed by atoms with Gasteiger partial charge >= 0.3 is 5.97 Å².